The van der Waals surface area contributed by atoms with Gasteiger partial charge in [-0.05, 0) is 56.0 Å². The highest BCUT2D eigenvalue weighted by molar-refractivity contribution is 6.11. The van der Waals surface area contributed by atoms with E-state index in [0.29, 0.717) is 28.5 Å². The third-order valence-electron chi connectivity index (χ3n) is 5.78. The average Bonchev–Trinajstić information content (AvgIpc) is 3.02. The smallest absolute Gasteiger partial charge is 0.257 e. The van der Waals surface area contributed by atoms with E-state index in [2.05, 4.69) is 19.2 Å². The Balaban J connectivity index is 1.80. The van der Waals surface area contributed by atoms with Gasteiger partial charge >= 0.3 is 0 Å². The summed E-state index contributed by atoms with van der Waals surface area (Å²) in [5.74, 6) is 0.803. The first kappa shape index (κ1) is 21.8. The number of fused-ring (bicyclic) bond motifs is 2. The van der Waals surface area contributed by atoms with Gasteiger partial charge in [-0.15, -0.1) is 0 Å². The average molecular weight is 430 g/mol. The standard InChI is InChI=1S/C26H31N5O/c1-16(2)9-7-11-18(4)28-26(32)22-23-25(30-21-14-6-5-13-20(21)29-23)31(24(22)27)19-12-8-10-17(3)15-19/h5-6,8,10,12-16,18H,7,9,11,27H2,1-4H3,(H,28,32)/t18-/m0/s1. The van der Waals surface area contributed by atoms with Crippen LogP contribution in [-0.4, -0.2) is 26.5 Å². The lowest BCUT2D eigenvalue weighted by Crippen LogP contribution is -2.33. The molecule has 4 rings (SSSR count). The van der Waals surface area contributed by atoms with Crippen LogP contribution in [-0.2, 0) is 0 Å². The molecule has 3 N–H and O–H groups in total. The number of para-hydroxylation sites is 2. The van der Waals surface area contributed by atoms with Crippen LogP contribution in [0.3, 0.4) is 0 Å². The Morgan fingerprint density at radius 3 is 2.44 bits per heavy atom. The fourth-order valence-electron chi connectivity index (χ4n) is 4.11. The van der Waals surface area contributed by atoms with Crippen molar-refractivity contribution in [3.8, 4) is 5.69 Å². The van der Waals surface area contributed by atoms with Crippen LogP contribution in [0, 0.1) is 12.8 Å². The molecule has 2 aromatic heterocycles. The molecule has 6 heteroatoms. The highest BCUT2D eigenvalue weighted by Crippen LogP contribution is 2.31. The van der Waals surface area contributed by atoms with Crippen molar-refractivity contribution >= 4 is 33.9 Å². The molecule has 1 amide bonds. The largest absolute Gasteiger partial charge is 0.384 e. The fourth-order valence-corrected chi connectivity index (χ4v) is 4.11. The number of anilines is 1. The number of nitrogens with zero attached hydrogens (tertiary/aromatic N) is 3. The molecule has 0 fully saturated rings. The molecular formula is C26H31N5O. The molecule has 0 unspecified atom stereocenters. The van der Waals surface area contributed by atoms with Crippen molar-refractivity contribution < 1.29 is 4.79 Å². The summed E-state index contributed by atoms with van der Waals surface area (Å²) >= 11 is 0. The summed E-state index contributed by atoms with van der Waals surface area (Å²) in [4.78, 5) is 23.0. The topological polar surface area (TPSA) is 85.8 Å². The molecule has 32 heavy (non-hydrogen) atoms. The number of carbonyl (C=O) groups excluding carboxylic acids is 1. The van der Waals surface area contributed by atoms with Crippen LogP contribution < -0.4 is 11.1 Å². The molecule has 166 valence electrons. The Labute approximate surface area is 188 Å². The van der Waals surface area contributed by atoms with E-state index in [1.165, 1.54) is 0 Å². The Morgan fingerprint density at radius 1 is 1.03 bits per heavy atom. The minimum atomic E-state index is -0.208. The van der Waals surface area contributed by atoms with Gasteiger partial charge in [-0.1, -0.05) is 51.0 Å². The molecule has 0 spiro atoms. The number of nitrogen functional groups attached to an aromatic ring is 1. The van der Waals surface area contributed by atoms with Crippen molar-refractivity contribution in [2.45, 2.75) is 53.0 Å². The SMILES string of the molecule is Cc1cccc(-n2c(N)c(C(=O)N[C@@H](C)CCCC(C)C)c3nc4ccccc4nc32)c1. The van der Waals surface area contributed by atoms with Crippen LogP contribution in [0.1, 0.15) is 56.0 Å². The minimum Gasteiger partial charge on any atom is -0.384 e. The van der Waals surface area contributed by atoms with E-state index in [9.17, 15) is 4.79 Å². The van der Waals surface area contributed by atoms with Crippen molar-refractivity contribution in [3.05, 3.63) is 59.7 Å². The van der Waals surface area contributed by atoms with Crippen molar-refractivity contribution in [2.24, 2.45) is 5.92 Å². The molecule has 2 aromatic carbocycles. The van der Waals surface area contributed by atoms with Crippen molar-refractivity contribution in [1.29, 1.82) is 0 Å². The second-order valence-electron chi connectivity index (χ2n) is 9.02. The van der Waals surface area contributed by atoms with Crippen LogP contribution in [0.25, 0.3) is 27.9 Å². The summed E-state index contributed by atoms with van der Waals surface area (Å²) in [6, 6.07) is 15.7. The molecule has 6 nitrogen and oxygen atoms in total. The second-order valence-corrected chi connectivity index (χ2v) is 9.02. The van der Waals surface area contributed by atoms with Crippen LogP contribution in [0.2, 0.25) is 0 Å². The Bertz CT molecular complexity index is 1270. The Morgan fingerprint density at radius 2 is 1.75 bits per heavy atom. The van der Waals surface area contributed by atoms with Crippen molar-refractivity contribution in [2.75, 3.05) is 5.73 Å². The summed E-state index contributed by atoms with van der Waals surface area (Å²) in [5, 5.41) is 3.13. The number of amides is 1. The fraction of sp³-hybridized carbons (Fsp3) is 0.346. The number of aromatic nitrogens is 3. The summed E-state index contributed by atoms with van der Waals surface area (Å²) in [6.07, 6.45) is 3.14. The third kappa shape index (κ3) is 4.31. The first-order valence-corrected chi connectivity index (χ1v) is 11.3. The number of rotatable bonds is 7. The van der Waals surface area contributed by atoms with E-state index < -0.39 is 0 Å². The highest BCUT2D eigenvalue weighted by Gasteiger charge is 2.25. The highest BCUT2D eigenvalue weighted by atomic mass is 16.1. The summed E-state index contributed by atoms with van der Waals surface area (Å²) in [6.45, 7) is 8.49. The molecule has 1 atom stereocenters. The quantitative estimate of drug-likeness (QED) is 0.411. The molecule has 0 aliphatic carbocycles. The Hall–Kier alpha value is -3.41. The maximum Gasteiger partial charge on any atom is 0.257 e. The van der Waals surface area contributed by atoms with Gasteiger partial charge in [0.2, 0.25) is 0 Å². The second kappa shape index (κ2) is 8.99. The molecular weight excluding hydrogens is 398 g/mol. The van der Waals surface area contributed by atoms with Crippen LogP contribution in [0.15, 0.2) is 48.5 Å². The molecule has 0 saturated carbocycles. The number of hydrogen-bond donors (Lipinski definition) is 2. The van der Waals surface area contributed by atoms with Gasteiger partial charge in [0.25, 0.3) is 5.91 Å². The van der Waals surface area contributed by atoms with E-state index in [1.807, 2.05) is 66.9 Å². The van der Waals surface area contributed by atoms with Crippen LogP contribution in [0.5, 0.6) is 0 Å². The van der Waals surface area contributed by atoms with Crippen LogP contribution in [0.4, 0.5) is 5.82 Å². The van der Waals surface area contributed by atoms with E-state index in [1.54, 1.807) is 0 Å². The number of benzene rings is 2. The zero-order chi connectivity index (χ0) is 22.8. The van der Waals surface area contributed by atoms with Crippen molar-refractivity contribution in [1.82, 2.24) is 19.9 Å². The van der Waals surface area contributed by atoms with E-state index in [-0.39, 0.29) is 11.9 Å². The van der Waals surface area contributed by atoms with Gasteiger partial charge in [0, 0.05) is 11.7 Å². The predicted molar refractivity (Wildman–Crippen MR) is 131 cm³/mol. The molecule has 0 aliphatic rings. The maximum atomic E-state index is 13.4. The number of carbonyl (C=O) groups is 1. The summed E-state index contributed by atoms with van der Waals surface area (Å²) < 4.78 is 1.83. The molecule has 0 saturated heterocycles. The van der Waals surface area contributed by atoms with Crippen LogP contribution >= 0.6 is 0 Å². The minimum absolute atomic E-state index is 0.0476. The molecule has 0 radical (unpaired) electrons. The normalized spacial score (nSPS) is 12.5. The third-order valence-corrected chi connectivity index (χ3v) is 5.78. The number of nitrogens with two attached hydrogens (primary N) is 1. The van der Waals surface area contributed by atoms with Gasteiger partial charge < -0.3 is 11.1 Å². The van der Waals surface area contributed by atoms with Gasteiger partial charge in [0.05, 0.1) is 11.0 Å². The monoisotopic (exact) mass is 429 g/mol. The molecule has 2 heterocycles. The van der Waals surface area contributed by atoms with E-state index >= 15 is 0 Å². The lowest BCUT2D eigenvalue weighted by atomic mass is 10.0. The predicted octanol–water partition coefficient (Wildman–Crippen LogP) is 5.41. The molecule has 0 aliphatic heterocycles. The van der Waals surface area contributed by atoms with Gasteiger partial charge in [-0.25, -0.2) is 9.97 Å². The molecule has 0 bridgehead atoms. The van der Waals surface area contributed by atoms with E-state index in [0.717, 1.165) is 41.5 Å². The van der Waals surface area contributed by atoms with Gasteiger partial charge in [-0.2, -0.15) is 0 Å². The zero-order valence-electron chi connectivity index (χ0n) is 19.2. The first-order chi connectivity index (χ1) is 15.3. The number of nitrogens with one attached hydrogen (secondary N) is 1. The van der Waals surface area contributed by atoms with Gasteiger partial charge in [0.1, 0.15) is 16.9 Å². The van der Waals surface area contributed by atoms with E-state index in [4.69, 9.17) is 15.7 Å². The lowest BCUT2D eigenvalue weighted by Gasteiger charge is -2.14. The summed E-state index contributed by atoms with van der Waals surface area (Å²) in [5.41, 5.74) is 11.6. The zero-order valence-corrected chi connectivity index (χ0v) is 19.2. The Kier molecular flexibility index (Phi) is 6.12. The van der Waals surface area contributed by atoms with Crippen molar-refractivity contribution in [3.63, 3.8) is 0 Å². The lowest BCUT2D eigenvalue weighted by molar-refractivity contribution is 0.0940. The number of aryl methyl sites for hydroxylation is 1. The maximum absolute atomic E-state index is 13.4. The number of hydrogen-bond acceptors (Lipinski definition) is 4. The van der Waals surface area contributed by atoms with Gasteiger partial charge in [-0.3, -0.25) is 9.36 Å². The van der Waals surface area contributed by atoms with Gasteiger partial charge in [0.15, 0.2) is 5.65 Å². The molecule has 4 aromatic rings. The first-order valence-electron chi connectivity index (χ1n) is 11.3. The summed E-state index contributed by atoms with van der Waals surface area (Å²) in [7, 11) is 0.